The van der Waals surface area contributed by atoms with Crippen molar-refractivity contribution >= 4 is 12.3 Å². The molecule has 0 bridgehead atoms. The van der Waals surface area contributed by atoms with E-state index in [4.69, 9.17) is 10.5 Å². The van der Waals surface area contributed by atoms with Gasteiger partial charge in [0.05, 0.1) is 0 Å². The van der Waals surface area contributed by atoms with Crippen molar-refractivity contribution in [3.05, 3.63) is 0 Å². The Morgan fingerprint density at radius 2 is 1.53 bits per heavy atom. The van der Waals surface area contributed by atoms with Crippen LogP contribution in [0.4, 0.5) is 0 Å². The molecule has 4 nitrogen and oxygen atoms in total. The highest BCUT2D eigenvalue weighted by atomic mass is 16.1. The predicted molar refractivity (Wildman–Crippen MR) is 62.1 cm³/mol. The van der Waals surface area contributed by atoms with Gasteiger partial charge in [0.1, 0.15) is 0 Å². The summed E-state index contributed by atoms with van der Waals surface area (Å²) in [5.41, 5.74) is 9.01. The first-order valence-corrected chi connectivity index (χ1v) is 5.62. The Kier molecular flexibility index (Phi) is 16.8. The van der Waals surface area contributed by atoms with E-state index in [9.17, 15) is 4.79 Å². The van der Waals surface area contributed by atoms with Crippen LogP contribution in [0.25, 0.3) is 0 Å². The molecule has 15 heavy (non-hydrogen) atoms. The smallest absolute Gasteiger partial charge is 0.217 e. The third-order valence-corrected chi connectivity index (χ3v) is 2.03. The molecule has 0 radical (unpaired) electrons. The predicted octanol–water partition coefficient (Wildman–Crippen LogP) is 1.71. The average Bonchev–Trinajstić information content (AvgIpc) is 2.73. The summed E-state index contributed by atoms with van der Waals surface area (Å²) in [6.45, 7) is 2.03. The summed E-state index contributed by atoms with van der Waals surface area (Å²) in [4.78, 5) is 18.6. The second kappa shape index (κ2) is 15.4. The highest BCUT2D eigenvalue weighted by Gasteiger charge is 1.95. The molecule has 1 saturated carbocycles. The standard InChI is InChI=1S/C5H11NO.C5H10.CH3NO/c1-2-3-4-5(6)7;1-2-4-5-3-1;2-1-3/h2-4H2,1H3,(H2,6,7);1-5H2;1H,(H2,2,3). The summed E-state index contributed by atoms with van der Waals surface area (Å²) in [6.07, 6.45) is 10.3. The summed E-state index contributed by atoms with van der Waals surface area (Å²) in [6, 6.07) is 0. The Hall–Kier alpha value is -1.06. The van der Waals surface area contributed by atoms with Gasteiger partial charge in [0, 0.05) is 6.42 Å². The van der Waals surface area contributed by atoms with E-state index in [1.807, 2.05) is 6.92 Å². The lowest BCUT2D eigenvalue weighted by Crippen LogP contribution is -2.09. The Balaban J connectivity index is 0. The van der Waals surface area contributed by atoms with E-state index in [-0.39, 0.29) is 12.3 Å². The van der Waals surface area contributed by atoms with Crippen LogP contribution < -0.4 is 11.5 Å². The van der Waals surface area contributed by atoms with Crippen LogP contribution in [0.15, 0.2) is 0 Å². The lowest BCUT2D eigenvalue weighted by molar-refractivity contribution is -0.118. The number of nitrogens with two attached hydrogens (primary N) is 2. The molecule has 2 amide bonds. The number of rotatable bonds is 3. The Bertz CT molecular complexity index is 138. The van der Waals surface area contributed by atoms with Gasteiger partial charge in [-0.25, -0.2) is 0 Å². The highest BCUT2D eigenvalue weighted by molar-refractivity contribution is 5.73. The molecular weight excluding hydrogens is 192 g/mol. The van der Waals surface area contributed by atoms with Crippen molar-refractivity contribution in [3.63, 3.8) is 0 Å². The number of amides is 2. The zero-order valence-electron chi connectivity index (χ0n) is 9.71. The zero-order valence-corrected chi connectivity index (χ0v) is 9.71. The van der Waals surface area contributed by atoms with E-state index in [1.54, 1.807) is 0 Å². The number of carbonyl (C=O) groups excluding carboxylic acids is 2. The van der Waals surface area contributed by atoms with Gasteiger partial charge in [-0.1, -0.05) is 45.4 Å². The molecule has 0 heterocycles. The van der Waals surface area contributed by atoms with Gasteiger partial charge in [0.2, 0.25) is 12.3 Å². The molecule has 0 atom stereocenters. The monoisotopic (exact) mass is 216 g/mol. The van der Waals surface area contributed by atoms with Crippen molar-refractivity contribution in [2.45, 2.75) is 58.3 Å². The van der Waals surface area contributed by atoms with E-state index >= 15 is 0 Å². The van der Waals surface area contributed by atoms with Gasteiger partial charge >= 0.3 is 0 Å². The SMILES string of the molecule is C1CCCC1.CCCCC(N)=O.NC=O. The minimum Gasteiger partial charge on any atom is -0.372 e. The first kappa shape index (κ1) is 16.4. The quantitative estimate of drug-likeness (QED) is 0.704. The number of primary amides is 2. The Labute approximate surface area is 92.4 Å². The number of hydrogen-bond donors (Lipinski definition) is 2. The molecule has 0 aliphatic heterocycles. The second-order valence-electron chi connectivity index (χ2n) is 3.47. The van der Waals surface area contributed by atoms with Crippen LogP contribution in [0.2, 0.25) is 0 Å². The lowest BCUT2D eigenvalue weighted by atomic mass is 10.2. The molecule has 0 aromatic carbocycles. The minimum absolute atomic E-state index is 0.193. The van der Waals surface area contributed by atoms with Crippen LogP contribution >= 0.6 is 0 Å². The molecule has 0 saturated heterocycles. The van der Waals surface area contributed by atoms with Crippen molar-refractivity contribution in [2.75, 3.05) is 0 Å². The Morgan fingerprint density at radius 3 is 1.67 bits per heavy atom. The van der Waals surface area contributed by atoms with Gasteiger partial charge in [0.15, 0.2) is 0 Å². The number of unbranched alkanes of at least 4 members (excludes halogenated alkanes) is 1. The van der Waals surface area contributed by atoms with Crippen LogP contribution in [0, 0.1) is 0 Å². The van der Waals surface area contributed by atoms with Gasteiger partial charge in [-0.05, 0) is 6.42 Å². The van der Waals surface area contributed by atoms with Crippen molar-refractivity contribution in [2.24, 2.45) is 11.5 Å². The maximum Gasteiger partial charge on any atom is 0.217 e. The molecule has 1 rings (SSSR count). The largest absolute Gasteiger partial charge is 0.372 e. The first-order valence-electron chi connectivity index (χ1n) is 5.62. The summed E-state index contributed by atoms with van der Waals surface area (Å²) in [7, 11) is 0. The van der Waals surface area contributed by atoms with Gasteiger partial charge in [-0.3, -0.25) is 9.59 Å². The minimum atomic E-state index is -0.193. The van der Waals surface area contributed by atoms with Gasteiger partial charge in [-0.2, -0.15) is 0 Å². The average molecular weight is 216 g/mol. The molecule has 90 valence electrons. The summed E-state index contributed by atoms with van der Waals surface area (Å²) < 4.78 is 0. The summed E-state index contributed by atoms with van der Waals surface area (Å²) >= 11 is 0. The van der Waals surface area contributed by atoms with E-state index in [1.165, 1.54) is 32.1 Å². The fourth-order valence-electron chi connectivity index (χ4n) is 1.23. The van der Waals surface area contributed by atoms with E-state index in [0.29, 0.717) is 6.42 Å². The normalized spacial score (nSPS) is 12.9. The number of hydrogen-bond acceptors (Lipinski definition) is 2. The van der Waals surface area contributed by atoms with Gasteiger partial charge in [0.25, 0.3) is 0 Å². The molecule has 0 aromatic heterocycles. The van der Waals surface area contributed by atoms with Crippen LogP contribution in [0.5, 0.6) is 0 Å². The highest BCUT2D eigenvalue weighted by Crippen LogP contribution is 2.15. The molecular formula is C11H24N2O2. The molecule has 0 spiro atoms. The van der Waals surface area contributed by atoms with E-state index < -0.39 is 0 Å². The first-order chi connectivity index (χ1) is 7.18. The van der Waals surface area contributed by atoms with E-state index in [0.717, 1.165) is 12.8 Å². The van der Waals surface area contributed by atoms with Gasteiger partial charge in [-0.15, -0.1) is 0 Å². The summed E-state index contributed by atoms with van der Waals surface area (Å²) in [5, 5.41) is 0. The second-order valence-corrected chi connectivity index (χ2v) is 3.47. The van der Waals surface area contributed by atoms with Crippen molar-refractivity contribution in [1.82, 2.24) is 0 Å². The molecule has 0 aromatic rings. The third kappa shape index (κ3) is 24.6. The van der Waals surface area contributed by atoms with Crippen molar-refractivity contribution in [1.29, 1.82) is 0 Å². The maximum atomic E-state index is 9.98. The fourth-order valence-corrected chi connectivity index (χ4v) is 1.23. The fraction of sp³-hybridized carbons (Fsp3) is 0.818. The van der Waals surface area contributed by atoms with Gasteiger partial charge < -0.3 is 11.5 Å². The maximum absolute atomic E-state index is 9.98. The Morgan fingerprint density at radius 1 is 1.20 bits per heavy atom. The molecule has 4 N–H and O–H groups in total. The van der Waals surface area contributed by atoms with Crippen molar-refractivity contribution in [3.8, 4) is 0 Å². The molecule has 0 unspecified atom stereocenters. The zero-order chi connectivity index (χ0) is 11.9. The molecule has 1 aliphatic rings. The summed E-state index contributed by atoms with van der Waals surface area (Å²) in [5.74, 6) is -0.193. The van der Waals surface area contributed by atoms with Crippen LogP contribution in [0.3, 0.4) is 0 Å². The molecule has 1 fully saturated rings. The van der Waals surface area contributed by atoms with Crippen LogP contribution in [-0.4, -0.2) is 12.3 Å². The van der Waals surface area contributed by atoms with Crippen LogP contribution in [-0.2, 0) is 9.59 Å². The van der Waals surface area contributed by atoms with Crippen molar-refractivity contribution < 1.29 is 9.59 Å². The topological polar surface area (TPSA) is 86.2 Å². The number of carbonyl (C=O) groups is 2. The lowest BCUT2D eigenvalue weighted by Gasteiger charge is -1.86. The van der Waals surface area contributed by atoms with E-state index in [2.05, 4.69) is 5.73 Å². The van der Waals surface area contributed by atoms with Crippen LogP contribution in [0.1, 0.15) is 58.3 Å². The third-order valence-electron chi connectivity index (χ3n) is 2.03. The molecule has 4 heteroatoms. The molecule has 1 aliphatic carbocycles.